The number of unbranched alkanes of at least 4 members (excludes halogenated alkanes) is 1. The lowest BCUT2D eigenvalue weighted by Gasteiger charge is -2.34. The van der Waals surface area contributed by atoms with E-state index < -0.39 is 32.1 Å². The number of amidine groups is 1. The lowest BCUT2D eigenvalue weighted by atomic mass is 9.86. The highest BCUT2D eigenvalue weighted by Crippen LogP contribution is 2.44. The highest BCUT2D eigenvalue weighted by atomic mass is 32.2. The predicted octanol–water partition coefficient (Wildman–Crippen LogP) is 6.65. The molecule has 1 heterocycles. The van der Waals surface area contributed by atoms with E-state index in [4.69, 9.17) is 4.43 Å². The summed E-state index contributed by atoms with van der Waals surface area (Å²) in [6.45, 7) is 12.2. The third-order valence-corrected chi connectivity index (χ3v) is 8.61. The SMILES string of the molecule is CSC1=NC(C)=C(C(=O)O)C(c2cccc([N+](=O)[O-])c2SCCCCC(O[Si](C)C)C(C)(C)C)N1C(=O)O. The van der Waals surface area contributed by atoms with E-state index in [0.717, 1.165) is 35.9 Å². The number of thioether (sulfide) groups is 2. The van der Waals surface area contributed by atoms with Gasteiger partial charge in [-0.05, 0) is 50.3 Å². The minimum atomic E-state index is -1.39. The van der Waals surface area contributed by atoms with Crippen LogP contribution in [0, 0.1) is 15.5 Å². The van der Waals surface area contributed by atoms with Crippen molar-refractivity contribution in [1.29, 1.82) is 0 Å². The lowest BCUT2D eigenvalue weighted by molar-refractivity contribution is -0.387. The molecule has 1 amide bonds. The van der Waals surface area contributed by atoms with Gasteiger partial charge in [0.2, 0.25) is 9.04 Å². The van der Waals surface area contributed by atoms with Gasteiger partial charge in [-0.2, -0.15) is 0 Å². The second-order valence-electron chi connectivity index (χ2n) is 10.1. The van der Waals surface area contributed by atoms with Crippen LogP contribution in [0.15, 0.2) is 39.4 Å². The second-order valence-corrected chi connectivity index (χ2v) is 14.1. The summed E-state index contributed by atoms with van der Waals surface area (Å²) in [5.41, 5.74) is -0.00360. The average Bonchev–Trinajstić information content (AvgIpc) is 2.80. The smallest absolute Gasteiger partial charge is 0.414 e. The number of carboxylic acids is 1. The van der Waals surface area contributed by atoms with Crippen molar-refractivity contribution >= 4 is 55.5 Å². The molecule has 0 bridgehead atoms. The molecule has 209 valence electrons. The number of hydrogen-bond acceptors (Lipinski definition) is 8. The van der Waals surface area contributed by atoms with Crippen molar-refractivity contribution in [3.05, 3.63) is 45.1 Å². The highest BCUT2D eigenvalue weighted by molar-refractivity contribution is 8.13. The van der Waals surface area contributed by atoms with Crippen LogP contribution >= 0.6 is 23.5 Å². The molecular formula is C25H36N3O7S2Si. The monoisotopic (exact) mass is 582 g/mol. The van der Waals surface area contributed by atoms with Gasteiger partial charge < -0.3 is 14.6 Å². The maximum absolute atomic E-state index is 12.3. The third-order valence-electron chi connectivity index (χ3n) is 5.98. The van der Waals surface area contributed by atoms with E-state index in [9.17, 15) is 29.9 Å². The zero-order valence-electron chi connectivity index (χ0n) is 22.8. The summed E-state index contributed by atoms with van der Waals surface area (Å²) in [5.74, 6) is -0.787. The molecule has 0 saturated carbocycles. The molecule has 0 saturated heterocycles. The fourth-order valence-electron chi connectivity index (χ4n) is 4.22. The largest absolute Gasteiger partial charge is 0.478 e. The Bertz CT molecular complexity index is 1120. The number of benzene rings is 1. The Morgan fingerprint density at radius 2 is 1.92 bits per heavy atom. The van der Waals surface area contributed by atoms with Gasteiger partial charge in [0, 0.05) is 17.7 Å². The number of amides is 1. The van der Waals surface area contributed by atoms with Crippen LogP contribution in [0.5, 0.6) is 0 Å². The standard InChI is InChI=1S/C25H36N3O7S2Si/c1-15-19(22(29)30)20(27(24(31)32)23(26-15)36-5)16-11-10-12-17(28(33)34)21(16)37-14-9-8-13-18(25(2,3)4)35-38(6)7/h10-12,18,20H,8-9,13-14H2,1-7H3,(H,29,30)(H,31,32). The Morgan fingerprint density at radius 1 is 1.26 bits per heavy atom. The number of aliphatic imine (C=N–C) groups is 1. The maximum Gasteiger partial charge on any atom is 0.414 e. The van der Waals surface area contributed by atoms with Crippen molar-refractivity contribution in [2.75, 3.05) is 12.0 Å². The molecule has 1 radical (unpaired) electrons. The summed E-state index contributed by atoms with van der Waals surface area (Å²) in [6, 6.07) is 3.10. The van der Waals surface area contributed by atoms with E-state index in [1.165, 1.54) is 30.8 Å². The van der Waals surface area contributed by atoms with Gasteiger partial charge >= 0.3 is 12.1 Å². The number of rotatable bonds is 11. The van der Waals surface area contributed by atoms with Crippen LogP contribution < -0.4 is 0 Å². The summed E-state index contributed by atoms with van der Waals surface area (Å²) in [6.07, 6.45) is 2.83. The van der Waals surface area contributed by atoms with E-state index >= 15 is 0 Å². The number of carbonyl (C=O) groups is 2. The van der Waals surface area contributed by atoms with Crippen molar-refractivity contribution in [3.8, 4) is 0 Å². The topological polar surface area (TPSA) is 143 Å². The summed E-state index contributed by atoms with van der Waals surface area (Å²) in [4.78, 5) is 41.3. The van der Waals surface area contributed by atoms with Gasteiger partial charge in [0.25, 0.3) is 5.69 Å². The first kappa shape index (κ1) is 31.9. The summed E-state index contributed by atoms with van der Waals surface area (Å²) in [7, 11) is -0.865. The lowest BCUT2D eigenvalue weighted by Crippen LogP contribution is -2.42. The average molecular weight is 583 g/mol. The van der Waals surface area contributed by atoms with Gasteiger partial charge in [0.15, 0.2) is 5.17 Å². The molecule has 13 heteroatoms. The molecule has 1 aromatic rings. The normalized spacial score (nSPS) is 17.0. The predicted molar refractivity (Wildman–Crippen MR) is 153 cm³/mol. The Balaban J connectivity index is 2.41. The second kappa shape index (κ2) is 13.6. The first-order valence-electron chi connectivity index (χ1n) is 12.2. The molecule has 2 rings (SSSR count). The molecule has 1 aromatic carbocycles. The number of hydrogen-bond donors (Lipinski definition) is 2. The molecule has 38 heavy (non-hydrogen) atoms. The van der Waals surface area contributed by atoms with Gasteiger partial charge in [0.05, 0.1) is 21.1 Å². The molecule has 10 nitrogen and oxygen atoms in total. The minimum Gasteiger partial charge on any atom is -0.478 e. The van der Waals surface area contributed by atoms with Crippen molar-refractivity contribution in [2.45, 2.75) is 77.1 Å². The Morgan fingerprint density at radius 3 is 2.42 bits per heavy atom. The van der Waals surface area contributed by atoms with Gasteiger partial charge in [-0.1, -0.05) is 51.1 Å². The Hall–Kier alpha value is -2.35. The van der Waals surface area contributed by atoms with Crippen molar-refractivity contribution < 1.29 is 29.2 Å². The highest BCUT2D eigenvalue weighted by Gasteiger charge is 2.41. The maximum atomic E-state index is 12.3. The minimum absolute atomic E-state index is 0.00425. The molecule has 0 aromatic heterocycles. The molecule has 0 fully saturated rings. The van der Waals surface area contributed by atoms with E-state index in [-0.39, 0.29) is 44.1 Å². The number of carboxylic acid groups (broad SMARTS) is 2. The van der Waals surface area contributed by atoms with E-state index in [1.54, 1.807) is 12.3 Å². The van der Waals surface area contributed by atoms with Crippen LogP contribution in [0.25, 0.3) is 0 Å². The fraction of sp³-hybridized carbons (Fsp3) is 0.560. The van der Waals surface area contributed by atoms with Gasteiger partial charge in [-0.3, -0.25) is 10.1 Å². The van der Waals surface area contributed by atoms with Gasteiger partial charge in [-0.25, -0.2) is 19.5 Å². The molecular weight excluding hydrogens is 547 g/mol. The van der Waals surface area contributed by atoms with Crippen molar-refractivity contribution in [3.63, 3.8) is 0 Å². The number of nitrogens with zero attached hydrogens (tertiary/aromatic N) is 3. The van der Waals surface area contributed by atoms with Crippen molar-refractivity contribution in [1.82, 2.24) is 4.90 Å². The van der Waals surface area contributed by atoms with E-state index in [1.807, 2.05) is 0 Å². The van der Waals surface area contributed by atoms with Gasteiger partial charge in [-0.15, -0.1) is 11.8 Å². The first-order chi connectivity index (χ1) is 17.7. The number of allylic oxidation sites excluding steroid dienone is 1. The van der Waals surface area contributed by atoms with E-state index in [2.05, 4.69) is 38.9 Å². The number of nitro benzene ring substituents is 1. The van der Waals surface area contributed by atoms with Crippen LogP contribution in [-0.4, -0.2) is 64.4 Å². The first-order valence-corrected chi connectivity index (χ1v) is 16.8. The molecule has 0 spiro atoms. The molecule has 2 atom stereocenters. The zero-order valence-corrected chi connectivity index (χ0v) is 25.4. The van der Waals surface area contributed by atoms with Crippen LogP contribution in [0.4, 0.5) is 10.5 Å². The number of aliphatic carboxylic acids is 1. The summed E-state index contributed by atoms with van der Waals surface area (Å²) >= 11 is 2.31. The van der Waals surface area contributed by atoms with Crippen LogP contribution in [0.3, 0.4) is 0 Å². The Labute approximate surface area is 233 Å². The van der Waals surface area contributed by atoms with Crippen molar-refractivity contribution in [2.24, 2.45) is 10.4 Å². The quantitative estimate of drug-likeness (QED) is 0.0963. The molecule has 0 aliphatic carbocycles. The molecule has 2 N–H and O–H groups in total. The summed E-state index contributed by atoms with van der Waals surface area (Å²) in [5, 5.41) is 32.1. The molecule has 1 aliphatic rings. The third kappa shape index (κ3) is 7.84. The number of nitro groups is 1. The van der Waals surface area contributed by atoms with E-state index in [0.29, 0.717) is 5.75 Å². The molecule has 1 aliphatic heterocycles. The van der Waals surface area contributed by atoms with Crippen LogP contribution in [-0.2, 0) is 9.22 Å². The zero-order chi connectivity index (χ0) is 28.8. The summed E-state index contributed by atoms with van der Waals surface area (Å²) < 4.78 is 6.20. The fourth-order valence-corrected chi connectivity index (χ4v) is 7.05. The van der Waals surface area contributed by atoms with Crippen LogP contribution in [0.1, 0.15) is 58.6 Å². The van der Waals surface area contributed by atoms with Gasteiger partial charge in [0.1, 0.15) is 6.04 Å². The Kier molecular flexibility index (Phi) is 11.4. The van der Waals surface area contributed by atoms with Crippen LogP contribution in [0.2, 0.25) is 13.1 Å². The molecule has 2 unspecified atom stereocenters.